The van der Waals surface area contributed by atoms with Crippen molar-refractivity contribution in [2.75, 3.05) is 38.1 Å². The van der Waals surface area contributed by atoms with Gasteiger partial charge < -0.3 is 9.80 Å². The van der Waals surface area contributed by atoms with Gasteiger partial charge in [-0.2, -0.15) is 0 Å². The molecule has 0 atom stereocenters. The van der Waals surface area contributed by atoms with Crippen LogP contribution in [0.3, 0.4) is 0 Å². The molecule has 3 rings (SSSR count). The predicted molar refractivity (Wildman–Crippen MR) is 75.4 cm³/mol. The second kappa shape index (κ2) is 4.41. The first-order valence-corrected chi connectivity index (χ1v) is 6.74. The molecule has 1 aliphatic rings. The van der Waals surface area contributed by atoms with Crippen molar-refractivity contribution in [1.29, 1.82) is 0 Å². The van der Waals surface area contributed by atoms with Crippen LogP contribution in [-0.4, -0.2) is 52.5 Å². The van der Waals surface area contributed by atoms with Crippen molar-refractivity contribution in [2.24, 2.45) is 0 Å². The highest BCUT2D eigenvalue weighted by Gasteiger charge is 2.18. The summed E-state index contributed by atoms with van der Waals surface area (Å²) < 4.78 is 3.16. The van der Waals surface area contributed by atoms with Crippen molar-refractivity contribution < 1.29 is 0 Å². The van der Waals surface area contributed by atoms with E-state index < -0.39 is 0 Å². The van der Waals surface area contributed by atoms with E-state index >= 15 is 0 Å². The summed E-state index contributed by atoms with van der Waals surface area (Å²) in [5, 5.41) is 0. The minimum atomic E-state index is 0.995. The lowest BCUT2D eigenvalue weighted by molar-refractivity contribution is 0.311. The molecule has 3 heterocycles. The van der Waals surface area contributed by atoms with Crippen LogP contribution in [0, 0.1) is 3.57 Å². The van der Waals surface area contributed by atoms with E-state index in [1.54, 1.807) is 0 Å². The van der Waals surface area contributed by atoms with Gasteiger partial charge in [-0.15, -0.1) is 0 Å². The minimum absolute atomic E-state index is 0.995. The van der Waals surface area contributed by atoms with Crippen LogP contribution in [0.25, 0.3) is 5.65 Å². The fourth-order valence-corrected chi connectivity index (χ4v) is 2.65. The van der Waals surface area contributed by atoms with Gasteiger partial charge >= 0.3 is 0 Å². The van der Waals surface area contributed by atoms with Crippen LogP contribution < -0.4 is 4.90 Å². The Morgan fingerprint density at radius 2 is 1.94 bits per heavy atom. The summed E-state index contributed by atoms with van der Waals surface area (Å²) in [6.45, 7) is 4.22. The molecule has 6 heteroatoms. The van der Waals surface area contributed by atoms with Crippen molar-refractivity contribution in [1.82, 2.24) is 19.3 Å². The zero-order valence-corrected chi connectivity index (χ0v) is 11.8. The molecule has 2 aromatic rings. The van der Waals surface area contributed by atoms with E-state index in [4.69, 9.17) is 0 Å². The standard InChI is InChI=1S/C11H14IN5/c1-15-4-6-16(7-5-15)11-14-8-9(12)10-13-2-3-17(10)11/h2-3,8H,4-7H2,1H3. The first kappa shape index (κ1) is 11.2. The topological polar surface area (TPSA) is 36.7 Å². The van der Waals surface area contributed by atoms with Crippen molar-refractivity contribution in [3.05, 3.63) is 22.2 Å². The summed E-state index contributed by atoms with van der Waals surface area (Å²) in [5.74, 6) is 1.01. The molecular formula is C11H14IN5. The highest BCUT2D eigenvalue weighted by atomic mass is 127. The quantitative estimate of drug-likeness (QED) is 0.727. The molecule has 5 nitrogen and oxygen atoms in total. The number of imidazole rings is 1. The minimum Gasteiger partial charge on any atom is -0.339 e. The van der Waals surface area contributed by atoms with Crippen LogP contribution in [0.1, 0.15) is 0 Å². The fourth-order valence-electron chi connectivity index (χ4n) is 2.12. The van der Waals surface area contributed by atoms with Gasteiger partial charge in [0, 0.05) is 44.8 Å². The fraction of sp³-hybridized carbons (Fsp3) is 0.455. The van der Waals surface area contributed by atoms with Gasteiger partial charge in [0.15, 0.2) is 5.65 Å². The van der Waals surface area contributed by atoms with E-state index in [1.807, 2.05) is 18.6 Å². The number of hydrogen-bond acceptors (Lipinski definition) is 4. The molecule has 0 saturated carbocycles. The van der Waals surface area contributed by atoms with E-state index in [0.29, 0.717) is 0 Å². The molecule has 0 bridgehead atoms. The highest BCUT2D eigenvalue weighted by Crippen LogP contribution is 2.18. The Hall–Kier alpha value is -0.890. The number of aromatic nitrogens is 3. The van der Waals surface area contributed by atoms with Crippen molar-refractivity contribution in [3.8, 4) is 0 Å². The predicted octanol–water partition coefficient (Wildman–Crippen LogP) is 1.09. The van der Waals surface area contributed by atoms with Crippen molar-refractivity contribution >= 4 is 34.2 Å². The highest BCUT2D eigenvalue weighted by molar-refractivity contribution is 14.1. The van der Waals surface area contributed by atoms with Crippen molar-refractivity contribution in [2.45, 2.75) is 0 Å². The average molecular weight is 343 g/mol. The maximum absolute atomic E-state index is 4.55. The third kappa shape index (κ3) is 1.99. The van der Waals surface area contributed by atoms with Gasteiger partial charge in [0.25, 0.3) is 0 Å². The Kier molecular flexibility index (Phi) is 2.91. The number of likely N-dealkylation sites (N-methyl/N-ethyl adjacent to an activating group) is 1. The van der Waals surface area contributed by atoms with Crippen LogP contribution >= 0.6 is 22.6 Å². The van der Waals surface area contributed by atoms with Gasteiger partial charge in [-0.25, -0.2) is 9.97 Å². The number of fused-ring (bicyclic) bond motifs is 1. The SMILES string of the molecule is CN1CCN(c2ncc(I)c3nccn23)CC1. The molecule has 90 valence electrons. The van der Waals surface area contributed by atoms with Gasteiger partial charge in [-0.1, -0.05) is 0 Å². The molecule has 0 amide bonds. The number of hydrogen-bond donors (Lipinski definition) is 0. The molecule has 2 aromatic heterocycles. The Balaban J connectivity index is 2.00. The van der Waals surface area contributed by atoms with Crippen molar-refractivity contribution in [3.63, 3.8) is 0 Å². The van der Waals surface area contributed by atoms with Crippen LogP contribution in [-0.2, 0) is 0 Å². The first-order chi connectivity index (χ1) is 8.25. The number of halogens is 1. The van der Waals surface area contributed by atoms with E-state index in [2.05, 4.69) is 53.8 Å². The summed E-state index contributed by atoms with van der Waals surface area (Å²) in [6.07, 6.45) is 5.72. The first-order valence-electron chi connectivity index (χ1n) is 5.67. The molecule has 0 unspecified atom stereocenters. The molecule has 17 heavy (non-hydrogen) atoms. The monoisotopic (exact) mass is 343 g/mol. The second-order valence-corrected chi connectivity index (χ2v) is 5.48. The van der Waals surface area contributed by atoms with E-state index in [0.717, 1.165) is 41.3 Å². The number of piperazine rings is 1. The normalized spacial score (nSPS) is 17.9. The Morgan fingerprint density at radius 3 is 2.71 bits per heavy atom. The summed E-state index contributed by atoms with van der Waals surface area (Å²) in [5.41, 5.74) is 0.995. The third-order valence-electron chi connectivity index (χ3n) is 3.15. The molecule has 0 spiro atoms. The molecule has 0 aromatic carbocycles. The van der Waals surface area contributed by atoms with E-state index in [-0.39, 0.29) is 0 Å². The Morgan fingerprint density at radius 1 is 1.18 bits per heavy atom. The van der Waals surface area contributed by atoms with Gasteiger partial charge in [-0.3, -0.25) is 4.40 Å². The van der Waals surface area contributed by atoms with Gasteiger partial charge in [0.2, 0.25) is 5.95 Å². The number of rotatable bonds is 1. The number of nitrogens with zero attached hydrogens (tertiary/aromatic N) is 5. The van der Waals surface area contributed by atoms with E-state index in [9.17, 15) is 0 Å². The summed E-state index contributed by atoms with van der Waals surface area (Å²) in [4.78, 5) is 13.6. The lowest BCUT2D eigenvalue weighted by Crippen LogP contribution is -2.45. The molecule has 0 aliphatic carbocycles. The van der Waals surface area contributed by atoms with Crippen LogP contribution in [0.15, 0.2) is 18.6 Å². The molecule has 1 fully saturated rings. The van der Waals surface area contributed by atoms with Crippen LogP contribution in [0.5, 0.6) is 0 Å². The summed E-state index contributed by atoms with van der Waals surface area (Å²) >= 11 is 2.27. The molecule has 0 radical (unpaired) electrons. The maximum Gasteiger partial charge on any atom is 0.211 e. The number of anilines is 1. The zero-order valence-electron chi connectivity index (χ0n) is 9.67. The summed E-state index contributed by atoms with van der Waals surface area (Å²) in [6, 6.07) is 0. The lowest BCUT2D eigenvalue weighted by atomic mass is 10.3. The Bertz CT molecular complexity index is 530. The second-order valence-electron chi connectivity index (χ2n) is 4.32. The molecule has 0 N–H and O–H groups in total. The lowest BCUT2D eigenvalue weighted by Gasteiger charge is -2.33. The van der Waals surface area contributed by atoms with Gasteiger partial charge in [0.05, 0.1) is 3.57 Å². The third-order valence-corrected chi connectivity index (χ3v) is 3.91. The molecule has 1 saturated heterocycles. The average Bonchev–Trinajstić information content (AvgIpc) is 2.81. The molecular weight excluding hydrogens is 329 g/mol. The summed E-state index contributed by atoms with van der Waals surface area (Å²) in [7, 11) is 2.16. The maximum atomic E-state index is 4.55. The zero-order chi connectivity index (χ0) is 11.8. The largest absolute Gasteiger partial charge is 0.339 e. The molecule has 1 aliphatic heterocycles. The van der Waals surface area contributed by atoms with Crippen LogP contribution in [0.4, 0.5) is 5.95 Å². The van der Waals surface area contributed by atoms with Crippen LogP contribution in [0.2, 0.25) is 0 Å². The van der Waals surface area contributed by atoms with Gasteiger partial charge in [-0.05, 0) is 29.6 Å². The van der Waals surface area contributed by atoms with Gasteiger partial charge in [0.1, 0.15) is 0 Å². The van der Waals surface area contributed by atoms with E-state index in [1.165, 1.54) is 0 Å². The Labute approximate surface area is 114 Å². The smallest absolute Gasteiger partial charge is 0.211 e.